The second-order valence-electron chi connectivity index (χ2n) is 8.95. The summed E-state index contributed by atoms with van der Waals surface area (Å²) in [7, 11) is -3.40. The van der Waals surface area contributed by atoms with Gasteiger partial charge in [-0.1, -0.05) is 36.2 Å². The molecule has 186 valence electrons. The van der Waals surface area contributed by atoms with E-state index in [2.05, 4.69) is 9.97 Å². The molecule has 6 nitrogen and oxygen atoms in total. The Kier molecular flexibility index (Phi) is 6.39. The lowest BCUT2D eigenvalue weighted by atomic mass is 9.93. The molecule has 0 saturated heterocycles. The highest BCUT2D eigenvalue weighted by Gasteiger charge is 2.52. The molecule has 0 spiro atoms. The third-order valence-corrected chi connectivity index (χ3v) is 8.62. The second kappa shape index (κ2) is 9.25. The van der Waals surface area contributed by atoms with Crippen molar-refractivity contribution in [1.29, 1.82) is 0 Å². The van der Waals surface area contributed by atoms with Crippen LogP contribution in [0.3, 0.4) is 0 Å². The molecule has 2 aromatic carbocycles. The summed E-state index contributed by atoms with van der Waals surface area (Å²) in [5, 5.41) is 0.812. The van der Waals surface area contributed by atoms with Crippen LogP contribution >= 0.6 is 23.2 Å². The third kappa shape index (κ3) is 4.65. The summed E-state index contributed by atoms with van der Waals surface area (Å²) in [6.45, 7) is 1.55. The van der Waals surface area contributed by atoms with Gasteiger partial charge >= 0.3 is 0 Å². The second-order valence-corrected chi connectivity index (χ2v) is 12.0. The van der Waals surface area contributed by atoms with Gasteiger partial charge in [0, 0.05) is 40.7 Å². The number of Topliss-reactive ketones (excluding diaryl/α,β-unsaturated/α-hetero) is 1. The number of sulfone groups is 1. The first-order chi connectivity index (χ1) is 17.1. The molecule has 10 heteroatoms. The molecule has 0 aliphatic heterocycles. The molecule has 0 N–H and O–H groups in total. The number of pyridine rings is 1. The van der Waals surface area contributed by atoms with Crippen LogP contribution in [0.5, 0.6) is 0 Å². The number of hydrogen-bond acceptors (Lipinski definition) is 6. The predicted molar refractivity (Wildman–Crippen MR) is 135 cm³/mol. The molecule has 0 atom stereocenters. The monoisotopic (exact) mass is 546 g/mol. The van der Waals surface area contributed by atoms with Gasteiger partial charge < -0.3 is 4.42 Å². The fourth-order valence-corrected chi connectivity index (χ4v) is 6.03. The summed E-state index contributed by atoms with van der Waals surface area (Å²) >= 11 is 13.3. The molecule has 1 saturated carbocycles. The Hall–Kier alpha value is -2.81. The van der Waals surface area contributed by atoms with E-state index >= 15 is 0 Å². The number of carbonyl (C=O) groups excluding carboxylic acids is 1. The van der Waals surface area contributed by atoms with Gasteiger partial charge in [0.2, 0.25) is 5.89 Å². The molecule has 4 aromatic rings. The van der Waals surface area contributed by atoms with Crippen molar-refractivity contribution in [3.8, 4) is 0 Å². The Balaban J connectivity index is 1.34. The van der Waals surface area contributed by atoms with Crippen molar-refractivity contribution in [3.05, 3.63) is 87.1 Å². The summed E-state index contributed by atoms with van der Waals surface area (Å²) < 4.78 is 43.3. The lowest BCUT2D eigenvalue weighted by Crippen LogP contribution is -2.12. The molecule has 2 heterocycles. The molecule has 0 amide bonds. The SMILES string of the molecule is CCS(=O)(=O)c1ccc(CC(=O)Cc2cc(Cl)c(C3(c4nc5ccc(F)cc5o4)CC3)c(Cl)c2)cn1. The highest BCUT2D eigenvalue weighted by atomic mass is 35.5. The maximum absolute atomic E-state index is 13.6. The average molecular weight is 547 g/mol. The first kappa shape index (κ1) is 24.9. The number of ketones is 1. The van der Waals surface area contributed by atoms with Gasteiger partial charge in [-0.25, -0.2) is 22.8 Å². The highest BCUT2D eigenvalue weighted by molar-refractivity contribution is 7.91. The number of fused-ring (bicyclic) bond motifs is 1. The van der Waals surface area contributed by atoms with E-state index in [-0.39, 0.29) is 29.4 Å². The number of rotatable bonds is 8. The molecule has 1 fully saturated rings. The van der Waals surface area contributed by atoms with E-state index in [0.717, 1.165) is 12.8 Å². The van der Waals surface area contributed by atoms with Gasteiger partial charge in [0.05, 0.1) is 11.2 Å². The van der Waals surface area contributed by atoms with Crippen LogP contribution in [-0.4, -0.2) is 29.9 Å². The zero-order valence-electron chi connectivity index (χ0n) is 19.2. The van der Waals surface area contributed by atoms with E-state index in [9.17, 15) is 17.6 Å². The highest BCUT2D eigenvalue weighted by Crippen LogP contribution is 2.57. The fraction of sp³-hybridized carbons (Fsp3) is 0.269. The Morgan fingerprint density at radius 1 is 1.06 bits per heavy atom. The minimum atomic E-state index is -3.40. The van der Waals surface area contributed by atoms with E-state index in [1.165, 1.54) is 24.4 Å². The minimum Gasteiger partial charge on any atom is -0.440 e. The minimum absolute atomic E-state index is 0.00608. The lowest BCUT2D eigenvalue weighted by Gasteiger charge is -2.17. The van der Waals surface area contributed by atoms with Crippen LogP contribution in [-0.2, 0) is 32.9 Å². The summed E-state index contributed by atoms with van der Waals surface area (Å²) in [6, 6.07) is 10.6. The fourth-order valence-electron chi connectivity index (χ4n) is 4.35. The maximum Gasteiger partial charge on any atom is 0.206 e. The first-order valence-electron chi connectivity index (χ1n) is 11.4. The van der Waals surface area contributed by atoms with E-state index in [4.69, 9.17) is 27.6 Å². The van der Waals surface area contributed by atoms with E-state index in [1.807, 2.05) is 0 Å². The molecule has 0 bridgehead atoms. The van der Waals surface area contributed by atoms with Gasteiger partial charge in [-0.3, -0.25) is 4.79 Å². The largest absolute Gasteiger partial charge is 0.440 e. The maximum atomic E-state index is 13.6. The summed E-state index contributed by atoms with van der Waals surface area (Å²) in [4.78, 5) is 21.2. The van der Waals surface area contributed by atoms with Gasteiger partial charge in [-0.05, 0) is 54.3 Å². The van der Waals surface area contributed by atoms with Crippen molar-refractivity contribution in [1.82, 2.24) is 9.97 Å². The number of aromatic nitrogens is 2. The quantitative estimate of drug-likeness (QED) is 0.273. The molecular formula is C26H21Cl2FN2O4S. The zero-order chi connectivity index (χ0) is 25.7. The Morgan fingerprint density at radius 2 is 1.75 bits per heavy atom. The van der Waals surface area contributed by atoms with Crippen LogP contribution in [0.25, 0.3) is 11.1 Å². The van der Waals surface area contributed by atoms with Gasteiger partial charge in [-0.2, -0.15) is 0 Å². The molecule has 0 unspecified atom stereocenters. The Bertz CT molecular complexity index is 1570. The molecule has 1 aliphatic carbocycles. The van der Waals surface area contributed by atoms with Gasteiger partial charge in [0.1, 0.15) is 17.1 Å². The van der Waals surface area contributed by atoms with E-state index in [0.29, 0.717) is 43.7 Å². The van der Waals surface area contributed by atoms with Crippen LogP contribution in [0, 0.1) is 5.82 Å². The Morgan fingerprint density at radius 3 is 2.36 bits per heavy atom. The first-order valence-corrected chi connectivity index (χ1v) is 13.8. The number of oxazole rings is 1. The summed E-state index contributed by atoms with van der Waals surface area (Å²) in [5.74, 6) is -0.0957. The predicted octanol–water partition coefficient (Wildman–Crippen LogP) is 5.90. The van der Waals surface area contributed by atoms with Gasteiger partial charge in [-0.15, -0.1) is 0 Å². The van der Waals surface area contributed by atoms with Crippen molar-refractivity contribution in [2.45, 2.75) is 43.0 Å². The number of halogens is 3. The molecular weight excluding hydrogens is 526 g/mol. The van der Waals surface area contributed by atoms with Crippen LogP contribution in [0.2, 0.25) is 10.0 Å². The molecule has 5 rings (SSSR count). The smallest absolute Gasteiger partial charge is 0.206 e. The standard InChI is InChI=1S/C26H21Cl2FN2O4S/c1-2-36(33,34)23-6-3-15(14-30-23)9-18(32)10-16-11-19(27)24(20(28)12-16)26(7-8-26)25-31-21-5-4-17(29)13-22(21)35-25/h3-6,11-14H,2,7-10H2,1H3. The normalized spacial score (nSPS) is 14.8. The summed E-state index contributed by atoms with van der Waals surface area (Å²) in [5.41, 5.74) is 2.30. The zero-order valence-corrected chi connectivity index (χ0v) is 21.6. The van der Waals surface area contributed by atoms with Crippen molar-refractivity contribution in [2.24, 2.45) is 0 Å². The van der Waals surface area contributed by atoms with Crippen LogP contribution < -0.4 is 0 Å². The van der Waals surface area contributed by atoms with E-state index < -0.39 is 21.1 Å². The van der Waals surface area contributed by atoms with Crippen LogP contribution in [0.1, 0.15) is 42.3 Å². The molecule has 2 aromatic heterocycles. The third-order valence-electron chi connectivity index (χ3n) is 6.39. The lowest BCUT2D eigenvalue weighted by molar-refractivity contribution is -0.117. The van der Waals surface area contributed by atoms with Crippen LogP contribution in [0.15, 0.2) is 58.1 Å². The van der Waals surface area contributed by atoms with Crippen molar-refractivity contribution < 1.29 is 22.0 Å². The van der Waals surface area contributed by atoms with Crippen molar-refractivity contribution in [2.75, 3.05) is 5.75 Å². The number of hydrogen-bond donors (Lipinski definition) is 0. The molecule has 36 heavy (non-hydrogen) atoms. The molecule has 0 radical (unpaired) electrons. The average Bonchev–Trinajstić information content (AvgIpc) is 3.50. The molecule has 1 aliphatic rings. The van der Waals surface area contributed by atoms with Crippen molar-refractivity contribution in [3.63, 3.8) is 0 Å². The van der Waals surface area contributed by atoms with Gasteiger partial charge in [0.25, 0.3) is 0 Å². The summed E-state index contributed by atoms with van der Waals surface area (Å²) in [6.07, 6.45) is 3.07. The van der Waals surface area contributed by atoms with E-state index in [1.54, 1.807) is 31.2 Å². The number of nitrogens with zero attached hydrogens (tertiary/aromatic N) is 2. The number of benzene rings is 2. The van der Waals surface area contributed by atoms with Crippen LogP contribution in [0.4, 0.5) is 4.39 Å². The topological polar surface area (TPSA) is 90.1 Å². The van der Waals surface area contributed by atoms with Gasteiger partial charge in [0.15, 0.2) is 20.4 Å². The Labute approximate surface area is 217 Å². The van der Waals surface area contributed by atoms with Crippen molar-refractivity contribution >= 4 is 49.9 Å². The number of carbonyl (C=O) groups is 1.